The second-order valence-corrected chi connectivity index (χ2v) is 4.40. The Kier molecular flexibility index (Phi) is 170. The summed E-state index contributed by atoms with van der Waals surface area (Å²) < 4.78 is 0. The number of hydrogen-bond acceptors (Lipinski definition) is 4. The normalized spacial score (nSPS) is 6.60. The Hall–Kier alpha value is -1.98. The van der Waals surface area contributed by atoms with Crippen molar-refractivity contribution in [2.24, 2.45) is 0 Å². The van der Waals surface area contributed by atoms with Gasteiger partial charge in [-0.3, -0.25) is 9.59 Å². The zero-order valence-electron chi connectivity index (χ0n) is 16.8. The molecule has 0 heterocycles. The quantitative estimate of drug-likeness (QED) is 0.304. The maximum absolute atomic E-state index is 9.60. The lowest BCUT2D eigenvalue weighted by Crippen LogP contribution is -1.90. The Morgan fingerprint density at radius 3 is 1.07 bits per heavy atom. The molecule has 6 nitrogen and oxygen atoms in total. The molecule has 0 bridgehead atoms. The molecule has 0 atom stereocenters. The van der Waals surface area contributed by atoms with E-state index in [4.69, 9.17) is 10.2 Å². The van der Waals surface area contributed by atoms with Gasteiger partial charge in [0.1, 0.15) is 12.6 Å². The van der Waals surface area contributed by atoms with E-state index in [2.05, 4.69) is 19.1 Å². The van der Waals surface area contributed by atoms with E-state index in [0.717, 1.165) is 31.8 Å². The molecule has 0 aliphatic carbocycles. The Morgan fingerprint density at radius 2 is 1.07 bits per heavy atom. The predicted molar refractivity (Wildman–Crippen MR) is 137 cm³/mol. The minimum atomic E-state index is -0.745. The molecule has 0 aromatic rings. The summed E-state index contributed by atoms with van der Waals surface area (Å²) in [6.07, 6.45) is 10.7. The first-order chi connectivity index (χ1) is 11.8. The molecular weight excluding hydrogens is 384 g/mol. The number of aliphatic carboxylic acids is 2. The van der Waals surface area contributed by atoms with Crippen LogP contribution in [0.4, 0.5) is 0 Å². The lowest BCUT2D eigenvalue weighted by atomic mass is 10.4. The Bertz CT molecular complexity index is 300. The highest BCUT2D eigenvalue weighted by Crippen LogP contribution is 1.82. The first-order valence-electron chi connectivity index (χ1n) is 8.70. The standard InChI is InChI=1S/C5H10.C4H8O2.C4H8O.C3H6O2.C3H6O.5CH4/c1-3-5-4-2;1-2-3-4(5)6;1-2-3-4-5;1-2-3(4)5;1-2-3-4;;;;;/h3,5H,4H2,1-2H3;2-3H2,1H3,(H,5,6);4H,2-3H2,1H3;2H2,1H3,(H,4,5);3H,2H2,1H3;5*1H4. The minimum absolute atomic E-state index is 0. The highest BCUT2D eigenvalue weighted by atomic mass is 16.4. The number of aldehydes is 2. The summed E-state index contributed by atoms with van der Waals surface area (Å²) in [7, 11) is 0. The van der Waals surface area contributed by atoms with Gasteiger partial charge in [-0.1, -0.05) is 83.9 Å². The number of rotatable bonds is 7. The zero-order valence-corrected chi connectivity index (χ0v) is 16.8. The average Bonchev–Trinajstić information content (AvgIpc) is 2.58. The van der Waals surface area contributed by atoms with Crippen LogP contribution in [0.25, 0.3) is 0 Å². The van der Waals surface area contributed by atoms with Crippen molar-refractivity contribution in [1.29, 1.82) is 0 Å². The molecule has 0 aromatic heterocycles. The van der Waals surface area contributed by atoms with Crippen molar-refractivity contribution in [3.63, 3.8) is 0 Å². The molecule has 0 saturated heterocycles. The summed E-state index contributed by atoms with van der Waals surface area (Å²) in [5.41, 5.74) is 0. The van der Waals surface area contributed by atoms with Crippen molar-refractivity contribution in [3.05, 3.63) is 12.2 Å². The molecule has 0 amide bonds. The smallest absolute Gasteiger partial charge is 0.303 e. The summed E-state index contributed by atoms with van der Waals surface area (Å²) in [4.78, 5) is 37.5. The topological polar surface area (TPSA) is 109 Å². The molecule has 0 fully saturated rings. The van der Waals surface area contributed by atoms with Crippen LogP contribution in [0.2, 0.25) is 0 Å². The molecule has 0 aromatic carbocycles. The van der Waals surface area contributed by atoms with E-state index in [9.17, 15) is 19.2 Å². The number of unbranched alkanes of at least 4 members (excludes halogenated alkanes) is 1. The Balaban J connectivity index is -0.0000000201. The molecule has 0 aliphatic rings. The monoisotopic (exact) mass is 442 g/mol. The van der Waals surface area contributed by atoms with E-state index in [1.807, 2.05) is 27.7 Å². The number of carbonyl (C=O) groups excluding carboxylic acids is 2. The minimum Gasteiger partial charge on any atom is -0.481 e. The van der Waals surface area contributed by atoms with Gasteiger partial charge in [-0.2, -0.15) is 0 Å². The van der Waals surface area contributed by atoms with Crippen LogP contribution in [-0.2, 0) is 19.2 Å². The van der Waals surface area contributed by atoms with Gasteiger partial charge in [0.25, 0.3) is 0 Å². The molecular formula is C24H58O6. The van der Waals surface area contributed by atoms with Crippen molar-refractivity contribution in [1.82, 2.24) is 0 Å². The van der Waals surface area contributed by atoms with Crippen LogP contribution >= 0.6 is 0 Å². The molecule has 0 unspecified atom stereocenters. The van der Waals surface area contributed by atoms with Gasteiger partial charge in [0.15, 0.2) is 0 Å². The van der Waals surface area contributed by atoms with Crippen molar-refractivity contribution in [2.75, 3.05) is 0 Å². The SMILES string of the molecule is C.C.C.C.C.CC=CCC.CCC(=O)O.CCC=O.CCCC(=O)O.CCCC=O. The van der Waals surface area contributed by atoms with Gasteiger partial charge < -0.3 is 19.8 Å². The van der Waals surface area contributed by atoms with Crippen LogP contribution < -0.4 is 0 Å². The molecule has 6 heteroatoms. The van der Waals surface area contributed by atoms with Crippen LogP contribution in [0, 0.1) is 0 Å². The number of carbonyl (C=O) groups is 4. The van der Waals surface area contributed by atoms with Gasteiger partial charge in [-0.05, 0) is 26.2 Å². The van der Waals surface area contributed by atoms with Gasteiger partial charge in [0, 0.05) is 25.7 Å². The Morgan fingerprint density at radius 1 is 0.700 bits per heavy atom. The average molecular weight is 443 g/mol. The second-order valence-electron chi connectivity index (χ2n) is 4.40. The van der Waals surface area contributed by atoms with Crippen LogP contribution in [-0.4, -0.2) is 34.7 Å². The summed E-state index contributed by atoms with van der Waals surface area (Å²) in [6, 6.07) is 0. The number of carboxylic acids is 2. The van der Waals surface area contributed by atoms with Crippen molar-refractivity contribution < 1.29 is 29.4 Å². The molecule has 0 saturated carbocycles. The third kappa shape index (κ3) is 253. The van der Waals surface area contributed by atoms with E-state index in [1.54, 1.807) is 6.92 Å². The predicted octanol–water partition coefficient (Wildman–Crippen LogP) is 8.09. The van der Waals surface area contributed by atoms with Crippen LogP contribution in [0.5, 0.6) is 0 Å². The summed E-state index contributed by atoms with van der Waals surface area (Å²) >= 11 is 0. The van der Waals surface area contributed by atoms with Gasteiger partial charge in [0.2, 0.25) is 0 Å². The third-order valence-electron chi connectivity index (χ3n) is 1.81. The van der Waals surface area contributed by atoms with Crippen LogP contribution in [0.1, 0.15) is 124 Å². The highest BCUT2D eigenvalue weighted by Gasteiger charge is 1.87. The van der Waals surface area contributed by atoms with E-state index in [0.29, 0.717) is 19.3 Å². The van der Waals surface area contributed by atoms with E-state index in [1.165, 1.54) is 0 Å². The summed E-state index contributed by atoms with van der Waals surface area (Å²) in [5.74, 6) is -1.46. The molecule has 0 aliphatic heterocycles. The fourth-order valence-electron chi connectivity index (χ4n) is 0.567. The molecule has 0 rings (SSSR count). The molecule has 0 radical (unpaired) electrons. The first-order valence-corrected chi connectivity index (χ1v) is 8.70. The van der Waals surface area contributed by atoms with E-state index < -0.39 is 11.9 Å². The number of allylic oxidation sites excluding steroid dienone is 2. The first kappa shape index (κ1) is 63.0. The van der Waals surface area contributed by atoms with E-state index >= 15 is 0 Å². The Labute approximate surface area is 190 Å². The number of carboxylic acid groups (broad SMARTS) is 2. The summed E-state index contributed by atoms with van der Waals surface area (Å²) in [5, 5.41) is 15.6. The zero-order chi connectivity index (χ0) is 20.9. The molecule has 30 heavy (non-hydrogen) atoms. The number of hydrogen-bond donors (Lipinski definition) is 2. The van der Waals surface area contributed by atoms with Crippen molar-refractivity contribution in [2.45, 2.75) is 124 Å². The van der Waals surface area contributed by atoms with Crippen molar-refractivity contribution in [3.8, 4) is 0 Å². The fourth-order valence-corrected chi connectivity index (χ4v) is 0.567. The largest absolute Gasteiger partial charge is 0.481 e. The van der Waals surface area contributed by atoms with Crippen LogP contribution in [0.15, 0.2) is 12.2 Å². The maximum atomic E-state index is 9.60. The molecule has 190 valence electrons. The lowest BCUT2D eigenvalue weighted by molar-refractivity contribution is -0.137. The summed E-state index contributed by atoms with van der Waals surface area (Å²) in [6.45, 7) is 11.4. The molecule has 0 spiro atoms. The lowest BCUT2D eigenvalue weighted by Gasteiger charge is -1.79. The van der Waals surface area contributed by atoms with Crippen LogP contribution in [0.3, 0.4) is 0 Å². The third-order valence-corrected chi connectivity index (χ3v) is 1.81. The highest BCUT2D eigenvalue weighted by molar-refractivity contribution is 5.66. The van der Waals surface area contributed by atoms with E-state index in [-0.39, 0.29) is 43.6 Å². The maximum Gasteiger partial charge on any atom is 0.303 e. The van der Waals surface area contributed by atoms with Gasteiger partial charge in [-0.25, -0.2) is 0 Å². The van der Waals surface area contributed by atoms with Gasteiger partial charge >= 0.3 is 11.9 Å². The second kappa shape index (κ2) is 81.1. The van der Waals surface area contributed by atoms with Gasteiger partial charge in [-0.15, -0.1) is 0 Å². The van der Waals surface area contributed by atoms with Crippen molar-refractivity contribution >= 4 is 24.5 Å². The molecule has 2 N–H and O–H groups in total. The fraction of sp³-hybridized carbons (Fsp3) is 0.750. The van der Waals surface area contributed by atoms with Gasteiger partial charge in [0.05, 0.1) is 0 Å².